The number of hydrogen-bond acceptors (Lipinski definition) is 1. The van der Waals surface area contributed by atoms with Gasteiger partial charge in [-0.1, -0.05) is 29.3 Å². The molecule has 0 bridgehead atoms. The van der Waals surface area contributed by atoms with Crippen LogP contribution in [0.5, 0.6) is 0 Å². The maximum Gasteiger partial charge on any atom is 0.0987 e. The third-order valence-electron chi connectivity index (χ3n) is 1.98. The number of rotatable bonds is 2. The van der Waals surface area contributed by atoms with Gasteiger partial charge in [-0.15, -0.1) is 0 Å². The normalized spacial score (nSPS) is 11.8. The van der Waals surface area contributed by atoms with Gasteiger partial charge >= 0.3 is 0 Å². The lowest BCUT2D eigenvalue weighted by molar-refractivity contribution is 1.14. The standard InChI is InChI=1S/C11H7BrCl2N2/c12-10(6-16-4-3-15-7-16)9-2-1-8(13)5-11(9)14/h1-7H/b10-6-. The number of nitrogens with zero attached hydrogens (tertiary/aromatic N) is 2. The zero-order valence-corrected chi connectivity index (χ0v) is 11.2. The summed E-state index contributed by atoms with van der Waals surface area (Å²) in [5, 5.41) is 1.23. The summed E-state index contributed by atoms with van der Waals surface area (Å²) in [5.41, 5.74) is 0.889. The van der Waals surface area contributed by atoms with Crippen LogP contribution in [0.1, 0.15) is 5.56 Å². The van der Waals surface area contributed by atoms with E-state index in [1.54, 1.807) is 24.7 Å². The first kappa shape index (κ1) is 11.7. The molecule has 0 radical (unpaired) electrons. The predicted octanol–water partition coefficient (Wildman–Crippen LogP) is 4.54. The molecule has 1 aromatic heterocycles. The first-order chi connectivity index (χ1) is 7.66. The van der Waals surface area contributed by atoms with Gasteiger partial charge in [-0.3, -0.25) is 0 Å². The van der Waals surface area contributed by atoms with E-state index >= 15 is 0 Å². The highest BCUT2D eigenvalue weighted by Gasteiger charge is 2.04. The van der Waals surface area contributed by atoms with Gasteiger partial charge in [-0.25, -0.2) is 4.98 Å². The van der Waals surface area contributed by atoms with E-state index in [1.165, 1.54) is 0 Å². The third kappa shape index (κ3) is 2.67. The molecule has 0 N–H and O–H groups in total. The molecule has 0 amide bonds. The van der Waals surface area contributed by atoms with E-state index in [4.69, 9.17) is 23.2 Å². The van der Waals surface area contributed by atoms with Crippen LogP contribution in [0.25, 0.3) is 10.7 Å². The minimum absolute atomic E-state index is 0.607. The predicted molar refractivity (Wildman–Crippen MR) is 71.8 cm³/mol. The van der Waals surface area contributed by atoms with Crippen molar-refractivity contribution in [1.29, 1.82) is 0 Å². The molecule has 16 heavy (non-hydrogen) atoms. The molecule has 0 saturated carbocycles. The molecule has 2 nitrogen and oxygen atoms in total. The van der Waals surface area contributed by atoms with E-state index < -0.39 is 0 Å². The van der Waals surface area contributed by atoms with Crippen LogP contribution in [-0.2, 0) is 0 Å². The number of hydrogen-bond donors (Lipinski definition) is 0. The van der Waals surface area contributed by atoms with Crippen LogP contribution in [0.15, 0.2) is 36.9 Å². The Labute approximate surface area is 112 Å². The smallest absolute Gasteiger partial charge is 0.0987 e. The molecule has 0 saturated heterocycles. The van der Waals surface area contributed by atoms with Crippen molar-refractivity contribution >= 4 is 49.8 Å². The van der Waals surface area contributed by atoms with Crippen molar-refractivity contribution in [2.24, 2.45) is 0 Å². The molecule has 0 unspecified atom stereocenters. The highest BCUT2D eigenvalue weighted by Crippen LogP contribution is 2.30. The summed E-state index contributed by atoms with van der Waals surface area (Å²) in [5.74, 6) is 0. The van der Waals surface area contributed by atoms with E-state index in [0.717, 1.165) is 10.0 Å². The fourth-order valence-electron chi connectivity index (χ4n) is 1.23. The van der Waals surface area contributed by atoms with Gasteiger partial charge in [0.15, 0.2) is 0 Å². The highest BCUT2D eigenvalue weighted by molar-refractivity contribution is 9.15. The molecule has 2 rings (SSSR count). The quantitative estimate of drug-likeness (QED) is 0.795. The topological polar surface area (TPSA) is 17.8 Å². The van der Waals surface area contributed by atoms with Gasteiger partial charge in [0.2, 0.25) is 0 Å². The van der Waals surface area contributed by atoms with Gasteiger partial charge in [0.05, 0.1) is 11.3 Å². The Morgan fingerprint density at radius 3 is 2.81 bits per heavy atom. The van der Waals surface area contributed by atoms with Gasteiger partial charge in [0.1, 0.15) is 0 Å². The summed E-state index contributed by atoms with van der Waals surface area (Å²) in [7, 11) is 0. The van der Waals surface area contributed by atoms with Crippen molar-refractivity contribution in [3.63, 3.8) is 0 Å². The third-order valence-corrected chi connectivity index (χ3v) is 3.16. The first-order valence-electron chi connectivity index (χ1n) is 4.47. The fourth-order valence-corrected chi connectivity index (χ4v) is 2.44. The molecule has 0 aliphatic rings. The van der Waals surface area contributed by atoms with Gasteiger partial charge in [-0.05, 0) is 28.1 Å². The van der Waals surface area contributed by atoms with Gasteiger partial charge in [-0.2, -0.15) is 0 Å². The van der Waals surface area contributed by atoms with E-state index in [1.807, 2.05) is 23.0 Å². The zero-order valence-electron chi connectivity index (χ0n) is 8.07. The van der Waals surface area contributed by atoms with Crippen LogP contribution in [0.2, 0.25) is 10.0 Å². The van der Waals surface area contributed by atoms with E-state index in [2.05, 4.69) is 20.9 Å². The summed E-state index contributed by atoms with van der Waals surface area (Å²) in [6, 6.07) is 5.37. The van der Waals surface area contributed by atoms with E-state index in [-0.39, 0.29) is 0 Å². The van der Waals surface area contributed by atoms with Crippen molar-refractivity contribution in [1.82, 2.24) is 9.55 Å². The molecule has 0 fully saturated rings. The number of imidazole rings is 1. The van der Waals surface area contributed by atoms with Crippen molar-refractivity contribution in [2.75, 3.05) is 0 Å². The minimum Gasteiger partial charge on any atom is -0.312 e. The summed E-state index contributed by atoms with van der Waals surface area (Å²) < 4.78 is 2.70. The summed E-state index contributed by atoms with van der Waals surface area (Å²) in [4.78, 5) is 3.95. The Morgan fingerprint density at radius 1 is 1.38 bits per heavy atom. The van der Waals surface area contributed by atoms with Crippen molar-refractivity contribution in [3.05, 3.63) is 52.5 Å². The zero-order chi connectivity index (χ0) is 11.5. The van der Waals surface area contributed by atoms with Gasteiger partial charge in [0.25, 0.3) is 0 Å². The lowest BCUT2D eigenvalue weighted by Gasteiger charge is -2.03. The van der Waals surface area contributed by atoms with Gasteiger partial charge in [0, 0.05) is 33.7 Å². The van der Waals surface area contributed by atoms with Crippen LogP contribution in [0.3, 0.4) is 0 Å². The molecule has 82 valence electrons. The SMILES string of the molecule is Clc1ccc(/C(Br)=C/n2ccnc2)c(Cl)c1. The first-order valence-corrected chi connectivity index (χ1v) is 6.02. The summed E-state index contributed by atoms with van der Waals surface area (Å²) >= 11 is 15.4. The highest BCUT2D eigenvalue weighted by atomic mass is 79.9. The Bertz CT molecular complexity index is 521. The maximum absolute atomic E-state index is 6.08. The van der Waals surface area contributed by atoms with Crippen LogP contribution in [-0.4, -0.2) is 9.55 Å². The lowest BCUT2D eigenvalue weighted by atomic mass is 10.2. The van der Waals surface area contributed by atoms with Crippen LogP contribution in [0.4, 0.5) is 0 Å². The Balaban J connectivity index is 2.37. The van der Waals surface area contributed by atoms with Crippen LogP contribution in [0, 0.1) is 0 Å². The second-order valence-corrected chi connectivity index (χ2v) is 4.81. The summed E-state index contributed by atoms with van der Waals surface area (Å²) in [6.07, 6.45) is 7.12. The number of aromatic nitrogens is 2. The number of benzene rings is 1. The monoisotopic (exact) mass is 316 g/mol. The van der Waals surface area contributed by atoms with Crippen molar-refractivity contribution in [2.45, 2.75) is 0 Å². The van der Waals surface area contributed by atoms with Crippen molar-refractivity contribution < 1.29 is 0 Å². The average Bonchev–Trinajstić information content (AvgIpc) is 2.70. The molecule has 1 heterocycles. The molecule has 0 aliphatic carbocycles. The fraction of sp³-hybridized carbons (Fsp3) is 0. The molecule has 5 heteroatoms. The lowest BCUT2D eigenvalue weighted by Crippen LogP contribution is -1.84. The van der Waals surface area contributed by atoms with Crippen LogP contribution >= 0.6 is 39.1 Å². The average molecular weight is 318 g/mol. The molecule has 2 aromatic rings. The molecular weight excluding hydrogens is 311 g/mol. The number of halogens is 3. The van der Waals surface area contributed by atoms with Crippen molar-refractivity contribution in [3.8, 4) is 0 Å². The second-order valence-electron chi connectivity index (χ2n) is 3.11. The van der Waals surface area contributed by atoms with Crippen LogP contribution < -0.4 is 0 Å². The molecule has 0 atom stereocenters. The molecule has 0 spiro atoms. The van der Waals surface area contributed by atoms with E-state index in [0.29, 0.717) is 10.0 Å². The Kier molecular flexibility index (Phi) is 3.69. The Hall–Kier alpha value is -0.770. The summed E-state index contributed by atoms with van der Waals surface area (Å²) in [6.45, 7) is 0. The maximum atomic E-state index is 6.08. The largest absolute Gasteiger partial charge is 0.312 e. The molecular formula is C11H7BrCl2N2. The second kappa shape index (κ2) is 5.04. The minimum atomic E-state index is 0.607. The molecule has 0 aliphatic heterocycles. The van der Waals surface area contributed by atoms with E-state index in [9.17, 15) is 0 Å². The Morgan fingerprint density at radius 2 is 2.19 bits per heavy atom. The van der Waals surface area contributed by atoms with Gasteiger partial charge < -0.3 is 4.57 Å². The molecule has 1 aromatic carbocycles.